The molecular weight excluding hydrogens is 292 g/mol. The number of nitro groups is 1. The average molecular weight is 303 g/mol. The maximum Gasteiger partial charge on any atom is 0.327 e. The van der Waals surface area contributed by atoms with Crippen LogP contribution < -0.4 is 5.32 Å². The molecule has 1 aromatic rings. The summed E-state index contributed by atoms with van der Waals surface area (Å²) < 4.78 is 4.91. The van der Waals surface area contributed by atoms with Gasteiger partial charge in [0.15, 0.2) is 0 Å². The van der Waals surface area contributed by atoms with Crippen LogP contribution in [0.1, 0.15) is 6.92 Å². The molecule has 0 radical (unpaired) electrons. The van der Waals surface area contributed by atoms with Gasteiger partial charge >= 0.3 is 5.97 Å². The molecule has 7 heteroatoms. The van der Waals surface area contributed by atoms with Crippen LogP contribution in [-0.4, -0.2) is 24.0 Å². The van der Waals surface area contributed by atoms with E-state index in [1.807, 2.05) is 0 Å². The van der Waals surface area contributed by atoms with Crippen LogP contribution in [0.15, 0.2) is 22.7 Å². The SMILES string of the molecule is COC(=O)C(C)Nc1ccc([N+](=O)[O-])c(Br)c1. The first-order valence-corrected chi connectivity index (χ1v) is 5.53. The molecule has 1 aromatic carbocycles. The number of carbonyl (C=O) groups is 1. The number of hydrogen-bond donors (Lipinski definition) is 1. The van der Waals surface area contributed by atoms with Crippen LogP contribution in [0.25, 0.3) is 0 Å². The highest BCUT2D eigenvalue weighted by Crippen LogP contribution is 2.27. The third-order valence-corrected chi connectivity index (χ3v) is 2.72. The van der Waals surface area contributed by atoms with E-state index in [4.69, 9.17) is 0 Å². The molecule has 1 unspecified atom stereocenters. The zero-order valence-corrected chi connectivity index (χ0v) is 10.9. The lowest BCUT2D eigenvalue weighted by Crippen LogP contribution is -2.27. The first kappa shape index (κ1) is 13.4. The molecule has 0 heterocycles. The summed E-state index contributed by atoms with van der Waals surface area (Å²) in [4.78, 5) is 21.3. The lowest BCUT2D eigenvalue weighted by Gasteiger charge is -2.12. The number of halogens is 1. The zero-order chi connectivity index (χ0) is 13.0. The van der Waals surface area contributed by atoms with Crippen LogP contribution in [0.4, 0.5) is 11.4 Å². The Morgan fingerprint density at radius 3 is 2.71 bits per heavy atom. The van der Waals surface area contributed by atoms with E-state index in [0.717, 1.165) is 0 Å². The van der Waals surface area contributed by atoms with Crippen LogP contribution in [0, 0.1) is 10.1 Å². The Kier molecular flexibility index (Phi) is 4.45. The third-order valence-electron chi connectivity index (χ3n) is 2.08. The summed E-state index contributed by atoms with van der Waals surface area (Å²) in [7, 11) is 1.30. The van der Waals surface area contributed by atoms with E-state index in [1.54, 1.807) is 6.92 Å². The third kappa shape index (κ3) is 3.42. The molecule has 17 heavy (non-hydrogen) atoms. The number of ether oxygens (including phenoxy) is 1. The highest BCUT2D eigenvalue weighted by Gasteiger charge is 2.15. The van der Waals surface area contributed by atoms with Crippen molar-refractivity contribution in [1.29, 1.82) is 0 Å². The van der Waals surface area contributed by atoms with E-state index in [9.17, 15) is 14.9 Å². The number of esters is 1. The summed E-state index contributed by atoms with van der Waals surface area (Å²) in [6.07, 6.45) is 0. The minimum Gasteiger partial charge on any atom is -0.467 e. The van der Waals surface area contributed by atoms with Crippen molar-refractivity contribution in [2.75, 3.05) is 12.4 Å². The predicted molar refractivity (Wildman–Crippen MR) is 65.9 cm³/mol. The van der Waals surface area contributed by atoms with Gasteiger partial charge in [0.2, 0.25) is 0 Å². The molecule has 1 N–H and O–H groups in total. The fourth-order valence-corrected chi connectivity index (χ4v) is 1.75. The number of methoxy groups -OCH3 is 1. The smallest absolute Gasteiger partial charge is 0.327 e. The number of benzene rings is 1. The van der Waals surface area contributed by atoms with Crippen molar-refractivity contribution in [3.05, 3.63) is 32.8 Å². The lowest BCUT2D eigenvalue weighted by atomic mass is 10.2. The van der Waals surface area contributed by atoms with E-state index in [2.05, 4.69) is 26.0 Å². The Balaban J connectivity index is 2.84. The normalized spacial score (nSPS) is 11.7. The molecule has 0 fully saturated rings. The Morgan fingerprint density at radius 2 is 2.24 bits per heavy atom. The molecule has 0 amide bonds. The van der Waals surface area contributed by atoms with Gasteiger partial charge in [-0.25, -0.2) is 4.79 Å². The van der Waals surface area contributed by atoms with E-state index < -0.39 is 16.9 Å². The second kappa shape index (κ2) is 5.62. The Labute approximate surface area is 106 Å². The Morgan fingerprint density at radius 1 is 1.59 bits per heavy atom. The van der Waals surface area contributed by atoms with E-state index >= 15 is 0 Å². The summed E-state index contributed by atoms with van der Waals surface area (Å²) in [5, 5.41) is 13.5. The van der Waals surface area contributed by atoms with Crippen molar-refractivity contribution in [2.24, 2.45) is 0 Å². The van der Waals surface area contributed by atoms with Crippen LogP contribution in [0.5, 0.6) is 0 Å². The van der Waals surface area contributed by atoms with Gasteiger partial charge in [-0.3, -0.25) is 10.1 Å². The van der Waals surface area contributed by atoms with E-state index in [1.165, 1.54) is 25.3 Å². The Hall–Kier alpha value is -1.63. The van der Waals surface area contributed by atoms with Crippen molar-refractivity contribution in [3.8, 4) is 0 Å². The summed E-state index contributed by atoms with van der Waals surface area (Å²) in [5.74, 6) is -0.403. The van der Waals surface area contributed by atoms with Crippen LogP contribution in [0.2, 0.25) is 0 Å². The molecule has 92 valence electrons. The topological polar surface area (TPSA) is 81.5 Å². The maximum atomic E-state index is 11.2. The van der Waals surface area contributed by atoms with Crippen molar-refractivity contribution in [2.45, 2.75) is 13.0 Å². The molecule has 1 rings (SSSR count). The van der Waals surface area contributed by atoms with Gasteiger partial charge in [0.05, 0.1) is 16.5 Å². The van der Waals surface area contributed by atoms with Crippen LogP contribution in [-0.2, 0) is 9.53 Å². The van der Waals surface area contributed by atoms with Gasteiger partial charge in [-0.1, -0.05) is 0 Å². The van der Waals surface area contributed by atoms with Crippen molar-refractivity contribution < 1.29 is 14.5 Å². The minimum absolute atomic E-state index is 0.0266. The van der Waals surface area contributed by atoms with E-state index in [0.29, 0.717) is 10.2 Å². The van der Waals surface area contributed by atoms with Gasteiger partial charge in [0, 0.05) is 11.8 Å². The van der Waals surface area contributed by atoms with E-state index in [-0.39, 0.29) is 5.69 Å². The number of nitrogens with one attached hydrogen (secondary N) is 1. The number of carbonyl (C=O) groups excluding carboxylic acids is 1. The molecule has 0 aliphatic rings. The summed E-state index contributed by atoms with van der Waals surface area (Å²) in [6, 6.07) is 3.91. The van der Waals surface area contributed by atoms with Gasteiger partial charge in [0.1, 0.15) is 6.04 Å². The van der Waals surface area contributed by atoms with Gasteiger partial charge in [-0.2, -0.15) is 0 Å². The molecule has 0 aliphatic heterocycles. The van der Waals surface area contributed by atoms with Gasteiger partial charge in [-0.05, 0) is 35.0 Å². The molecule has 0 bridgehead atoms. The van der Waals surface area contributed by atoms with Gasteiger partial charge in [0.25, 0.3) is 5.69 Å². The monoisotopic (exact) mass is 302 g/mol. The largest absolute Gasteiger partial charge is 0.467 e. The Bertz CT molecular complexity index is 450. The molecule has 0 aromatic heterocycles. The maximum absolute atomic E-state index is 11.2. The second-order valence-electron chi connectivity index (χ2n) is 3.31. The molecule has 0 spiro atoms. The summed E-state index contributed by atoms with van der Waals surface area (Å²) in [6.45, 7) is 1.64. The van der Waals surface area contributed by atoms with Crippen molar-refractivity contribution in [3.63, 3.8) is 0 Å². The van der Waals surface area contributed by atoms with Crippen LogP contribution in [0.3, 0.4) is 0 Å². The highest BCUT2D eigenvalue weighted by atomic mass is 79.9. The molecule has 6 nitrogen and oxygen atoms in total. The van der Waals surface area contributed by atoms with Gasteiger partial charge in [-0.15, -0.1) is 0 Å². The summed E-state index contributed by atoms with van der Waals surface area (Å²) in [5.41, 5.74) is 0.571. The van der Waals surface area contributed by atoms with Gasteiger partial charge < -0.3 is 10.1 Å². The number of hydrogen-bond acceptors (Lipinski definition) is 5. The fraction of sp³-hybridized carbons (Fsp3) is 0.300. The first-order valence-electron chi connectivity index (χ1n) is 4.74. The quantitative estimate of drug-likeness (QED) is 0.524. The fourth-order valence-electron chi connectivity index (χ4n) is 1.23. The molecule has 0 saturated heterocycles. The highest BCUT2D eigenvalue weighted by molar-refractivity contribution is 9.10. The molecule has 1 atom stereocenters. The standard InChI is InChI=1S/C10H11BrN2O4/c1-6(10(14)17-2)12-7-3-4-9(13(15)16)8(11)5-7/h3-6,12H,1-2H3. The lowest BCUT2D eigenvalue weighted by molar-refractivity contribution is -0.385. The predicted octanol–water partition coefficient (Wildman–Crippen LogP) is 2.33. The average Bonchev–Trinajstić information content (AvgIpc) is 2.27. The molecule has 0 saturated carbocycles. The van der Waals surface area contributed by atoms with Crippen LogP contribution >= 0.6 is 15.9 Å². The minimum atomic E-state index is -0.520. The van der Waals surface area contributed by atoms with Crippen molar-refractivity contribution >= 4 is 33.3 Å². The summed E-state index contributed by atoms with van der Waals surface area (Å²) >= 11 is 3.09. The zero-order valence-electron chi connectivity index (χ0n) is 9.27. The second-order valence-corrected chi connectivity index (χ2v) is 4.17. The molecule has 0 aliphatic carbocycles. The first-order chi connectivity index (χ1) is 7.95. The molecular formula is C10H11BrN2O4. The number of nitrogens with zero attached hydrogens (tertiary/aromatic N) is 1. The van der Waals surface area contributed by atoms with Crippen molar-refractivity contribution in [1.82, 2.24) is 0 Å². The number of anilines is 1. The number of nitro benzene ring substituents is 1. The number of rotatable bonds is 4.